The molecule has 3 atom stereocenters. The summed E-state index contributed by atoms with van der Waals surface area (Å²) in [5.41, 5.74) is 2.73. The van der Waals surface area contributed by atoms with Gasteiger partial charge in [0.15, 0.2) is 0 Å². The van der Waals surface area contributed by atoms with Crippen LogP contribution in [0.5, 0.6) is 0 Å². The number of rotatable bonds is 3. The van der Waals surface area contributed by atoms with Gasteiger partial charge in [0.05, 0.1) is 6.10 Å². The zero-order valence-electron chi connectivity index (χ0n) is 13.8. The Morgan fingerprint density at radius 3 is 2.86 bits per heavy atom. The van der Waals surface area contributed by atoms with Crippen molar-refractivity contribution in [2.45, 2.75) is 38.5 Å². The molecule has 4 heteroatoms. The molecular weight excluding hydrogens is 276 g/mol. The van der Waals surface area contributed by atoms with Gasteiger partial charge in [0.25, 0.3) is 5.91 Å². The van der Waals surface area contributed by atoms with Gasteiger partial charge >= 0.3 is 0 Å². The molecule has 0 spiro atoms. The van der Waals surface area contributed by atoms with Crippen LogP contribution in [0.4, 0.5) is 0 Å². The highest BCUT2D eigenvalue weighted by Crippen LogP contribution is 2.34. The minimum Gasteiger partial charge on any atom is -0.364 e. The number of likely N-dealkylation sites (N-methyl/N-ethyl adjacent to an activating group) is 1. The fourth-order valence-electron chi connectivity index (χ4n) is 3.61. The number of hydrogen-bond acceptors (Lipinski definition) is 3. The van der Waals surface area contributed by atoms with Crippen molar-refractivity contribution in [2.75, 3.05) is 27.2 Å². The van der Waals surface area contributed by atoms with Gasteiger partial charge in [0.1, 0.15) is 6.10 Å². The van der Waals surface area contributed by atoms with E-state index < -0.39 is 0 Å². The number of amides is 1. The molecule has 1 aromatic rings. The van der Waals surface area contributed by atoms with Crippen molar-refractivity contribution in [1.82, 2.24) is 9.80 Å². The van der Waals surface area contributed by atoms with Gasteiger partial charge < -0.3 is 9.64 Å². The average molecular weight is 302 g/mol. The second-order valence-electron chi connectivity index (χ2n) is 6.84. The Balaban J connectivity index is 1.60. The van der Waals surface area contributed by atoms with Crippen molar-refractivity contribution < 1.29 is 9.53 Å². The molecule has 0 bridgehead atoms. The number of piperidine rings is 1. The van der Waals surface area contributed by atoms with Crippen LogP contribution in [0, 0.1) is 12.8 Å². The highest BCUT2D eigenvalue weighted by molar-refractivity contribution is 5.80. The minimum absolute atomic E-state index is 0.111. The third-order valence-electron chi connectivity index (χ3n) is 5.01. The Morgan fingerprint density at radius 2 is 2.14 bits per heavy atom. The standard InChI is InChI=1S/C18H26N2O2/c1-13-6-4-5-7-15(13)11-20-9-8-14-10-16(18(21)19(2)3)22-17(14)12-20/h4-7,14,16-17H,8-12H2,1-3H3/t14-,16+,17-/m0/s1. The molecule has 2 heterocycles. The molecule has 0 aromatic heterocycles. The number of benzene rings is 1. The van der Waals surface area contributed by atoms with Crippen molar-refractivity contribution in [1.29, 1.82) is 0 Å². The van der Waals surface area contributed by atoms with Crippen LogP contribution in [0.2, 0.25) is 0 Å². The lowest BCUT2D eigenvalue weighted by atomic mass is 9.91. The molecule has 2 saturated heterocycles. The number of carbonyl (C=O) groups is 1. The molecule has 3 rings (SSSR count). The highest BCUT2D eigenvalue weighted by Gasteiger charge is 2.42. The summed E-state index contributed by atoms with van der Waals surface area (Å²) < 4.78 is 6.05. The van der Waals surface area contributed by atoms with Crippen LogP contribution < -0.4 is 0 Å². The van der Waals surface area contributed by atoms with Crippen LogP contribution in [0.15, 0.2) is 24.3 Å². The van der Waals surface area contributed by atoms with E-state index in [9.17, 15) is 4.79 Å². The van der Waals surface area contributed by atoms with Crippen molar-refractivity contribution in [3.05, 3.63) is 35.4 Å². The van der Waals surface area contributed by atoms with Gasteiger partial charge in [0.2, 0.25) is 0 Å². The Kier molecular flexibility index (Phi) is 4.50. The van der Waals surface area contributed by atoms with E-state index in [-0.39, 0.29) is 18.1 Å². The van der Waals surface area contributed by atoms with E-state index in [0.717, 1.165) is 32.5 Å². The first-order valence-electron chi connectivity index (χ1n) is 8.18. The molecule has 4 nitrogen and oxygen atoms in total. The molecule has 2 aliphatic rings. The maximum Gasteiger partial charge on any atom is 0.251 e. The molecule has 22 heavy (non-hydrogen) atoms. The molecule has 0 radical (unpaired) electrons. The zero-order valence-corrected chi connectivity index (χ0v) is 13.8. The molecule has 0 N–H and O–H groups in total. The SMILES string of the molecule is Cc1ccccc1CN1CC[C@H]2C[C@H](C(=O)N(C)C)O[C@H]2C1. The summed E-state index contributed by atoms with van der Waals surface area (Å²) in [6.45, 7) is 5.18. The Labute approximate surface area is 133 Å². The van der Waals surface area contributed by atoms with E-state index in [2.05, 4.69) is 36.1 Å². The quantitative estimate of drug-likeness (QED) is 0.857. The molecule has 2 aliphatic heterocycles. The molecule has 1 aromatic carbocycles. The third-order valence-corrected chi connectivity index (χ3v) is 5.01. The van der Waals surface area contributed by atoms with Crippen molar-refractivity contribution in [3.63, 3.8) is 0 Å². The number of carbonyl (C=O) groups excluding carboxylic acids is 1. The van der Waals surface area contributed by atoms with Gasteiger partial charge in [-0.25, -0.2) is 0 Å². The van der Waals surface area contributed by atoms with Gasteiger partial charge in [-0.2, -0.15) is 0 Å². The van der Waals surface area contributed by atoms with Crippen LogP contribution in [-0.4, -0.2) is 55.1 Å². The van der Waals surface area contributed by atoms with E-state index in [1.807, 2.05) is 0 Å². The van der Waals surface area contributed by atoms with Crippen LogP contribution in [0.1, 0.15) is 24.0 Å². The second kappa shape index (κ2) is 6.39. The molecule has 2 fully saturated rings. The lowest BCUT2D eigenvalue weighted by Gasteiger charge is -2.34. The molecule has 120 valence electrons. The van der Waals surface area contributed by atoms with Crippen molar-refractivity contribution in [3.8, 4) is 0 Å². The number of nitrogens with zero attached hydrogens (tertiary/aromatic N) is 2. The number of ether oxygens (including phenoxy) is 1. The summed E-state index contributed by atoms with van der Waals surface area (Å²) in [5, 5.41) is 0. The van der Waals surface area contributed by atoms with E-state index in [1.165, 1.54) is 11.1 Å². The van der Waals surface area contributed by atoms with Crippen LogP contribution >= 0.6 is 0 Å². The Bertz CT molecular complexity index is 544. The maximum atomic E-state index is 12.1. The Morgan fingerprint density at radius 1 is 1.36 bits per heavy atom. The fourth-order valence-corrected chi connectivity index (χ4v) is 3.61. The summed E-state index contributed by atoms with van der Waals surface area (Å²) in [6, 6.07) is 8.56. The maximum absolute atomic E-state index is 12.1. The van der Waals surface area contributed by atoms with E-state index in [1.54, 1.807) is 19.0 Å². The number of fused-ring (bicyclic) bond motifs is 1. The summed E-state index contributed by atoms with van der Waals surface area (Å²) in [7, 11) is 3.61. The number of likely N-dealkylation sites (tertiary alicyclic amines) is 1. The van der Waals surface area contributed by atoms with E-state index in [4.69, 9.17) is 4.74 Å². The molecular formula is C18H26N2O2. The van der Waals surface area contributed by atoms with Gasteiger partial charge in [0, 0.05) is 27.2 Å². The number of hydrogen-bond donors (Lipinski definition) is 0. The monoisotopic (exact) mass is 302 g/mol. The van der Waals surface area contributed by atoms with Crippen LogP contribution in [-0.2, 0) is 16.1 Å². The van der Waals surface area contributed by atoms with Gasteiger partial charge in [-0.1, -0.05) is 24.3 Å². The first kappa shape index (κ1) is 15.5. The summed E-state index contributed by atoms with van der Waals surface area (Å²) in [5.74, 6) is 0.655. The summed E-state index contributed by atoms with van der Waals surface area (Å²) in [4.78, 5) is 16.2. The van der Waals surface area contributed by atoms with E-state index in [0.29, 0.717) is 5.92 Å². The second-order valence-corrected chi connectivity index (χ2v) is 6.84. The van der Waals surface area contributed by atoms with Gasteiger partial charge in [-0.05, 0) is 43.4 Å². The number of aryl methyl sites for hydroxylation is 1. The van der Waals surface area contributed by atoms with Crippen LogP contribution in [0.3, 0.4) is 0 Å². The largest absolute Gasteiger partial charge is 0.364 e. The smallest absolute Gasteiger partial charge is 0.251 e. The summed E-state index contributed by atoms with van der Waals surface area (Å²) >= 11 is 0. The lowest BCUT2D eigenvalue weighted by molar-refractivity contribution is -0.141. The van der Waals surface area contributed by atoms with E-state index >= 15 is 0 Å². The Hall–Kier alpha value is -1.39. The van der Waals surface area contributed by atoms with Crippen LogP contribution in [0.25, 0.3) is 0 Å². The predicted octanol–water partition coefficient (Wildman–Crippen LogP) is 2.06. The molecule has 0 unspecified atom stereocenters. The first-order chi connectivity index (χ1) is 10.5. The van der Waals surface area contributed by atoms with Gasteiger partial charge in [-0.15, -0.1) is 0 Å². The van der Waals surface area contributed by atoms with Gasteiger partial charge in [-0.3, -0.25) is 9.69 Å². The molecule has 0 aliphatic carbocycles. The molecule has 1 amide bonds. The topological polar surface area (TPSA) is 32.8 Å². The minimum atomic E-state index is -0.233. The molecule has 0 saturated carbocycles. The summed E-state index contributed by atoms with van der Waals surface area (Å²) in [6.07, 6.45) is 2.00. The van der Waals surface area contributed by atoms with Crippen molar-refractivity contribution >= 4 is 5.91 Å². The average Bonchev–Trinajstić information content (AvgIpc) is 2.91. The third kappa shape index (κ3) is 3.18. The van der Waals surface area contributed by atoms with Crippen molar-refractivity contribution in [2.24, 2.45) is 5.92 Å². The fraction of sp³-hybridized carbons (Fsp3) is 0.611. The predicted molar refractivity (Wildman–Crippen MR) is 86.5 cm³/mol. The zero-order chi connectivity index (χ0) is 15.7. The highest BCUT2D eigenvalue weighted by atomic mass is 16.5. The first-order valence-corrected chi connectivity index (χ1v) is 8.18. The normalized spacial score (nSPS) is 28.4. The lowest BCUT2D eigenvalue weighted by Crippen LogP contribution is -2.42.